The normalized spacial score (nSPS) is 10.8. The predicted molar refractivity (Wildman–Crippen MR) is 83.0 cm³/mol. The minimum atomic E-state index is 0.819. The van der Waals surface area contributed by atoms with Crippen molar-refractivity contribution in [2.45, 2.75) is 64.2 Å². The third kappa shape index (κ3) is 9.72. The molecule has 0 heterocycles. The first-order valence-electron chi connectivity index (χ1n) is 7.84. The van der Waals surface area contributed by atoms with E-state index in [1.54, 1.807) is 0 Å². The van der Waals surface area contributed by atoms with Gasteiger partial charge in [-0.25, -0.2) is 0 Å². The number of ether oxygens (including phenoxy) is 1. The van der Waals surface area contributed by atoms with Crippen molar-refractivity contribution < 1.29 is 4.74 Å². The van der Waals surface area contributed by atoms with Crippen molar-refractivity contribution >= 4 is 0 Å². The van der Waals surface area contributed by atoms with Crippen LogP contribution in [0.2, 0.25) is 0 Å². The highest BCUT2D eigenvalue weighted by Gasteiger charge is 1.94. The SMILES string of the molecule is [CH2]OCCCCCCCCCCCc1ccccc1. The summed E-state index contributed by atoms with van der Waals surface area (Å²) in [7, 11) is 3.38. The maximum absolute atomic E-state index is 4.80. The summed E-state index contributed by atoms with van der Waals surface area (Å²) in [5, 5.41) is 0. The summed E-state index contributed by atoms with van der Waals surface area (Å²) in [6.07, 6.45) is 13.4. The van der Waals surface area contributed by atoms with Gasteiger partial charge < -0.3 is 4.74 Å². The second kappa shape index (κ2) is 12.2. The summed E-state index contributed by atoms with van der Waals surface area (Å²) in [5.41, 5.74) is 1.48. The van der Waals surface area contributed by atoms with E-state index in [0.717, 1.165) is 6.61 Å². The van der Waals surface area contributed by atoms with E-state index in [4.69, 9.17) is 4.74 Å². The molecular weight excluding hydrogens is 232 g/mol. The van der Waals surface area contributed by atoms with Gasteiger partial charge in [-0.1, -0.05) is 75.3 Å². The highest BCUT2D eigenvalue weighted by molar-refractivity contribution is 5.14. The van der Waals surface area contributed by atoms with Crippen LogP contribution < -0.4 is 0 Å². The largest absolute Gasteiger partial charge is 0.379 e. The van der Waals surface area contributed by atoms with E-state index >= 15 is 0 Å². The average Bonchev–Trinajstić information content (AvgIpc) is 2.46. The monoisotopic (exact) mass is 261 g/mol. The van der Waals surface area contributed by atoms with E-state index in [1.165, 1.54) is 69.8 Å². The van der Waals surface area contributed by atoms with E-state index in [0.29, 0.717) is 0 Å². The van der Waals surface area contributed by atoms with Crippen molar-refractivity contribution in [2.24, 2.45) is 0 Å². The topological polar surface area (TPSA) is 9.23 Å². The van der Waals surface area contributed by atoms with Gasteiger partial charge in [0.2, 0.25) is 0 Å². The molecule has 1 radical (unpaired) electrons. The Hall–Kier alpha value is -0.820. The van der Waals surface area contributed by atoms with Crippen molar-refractivity contribution in [1.29, 1.82) is 0 Å². The van der Waals surface area contributed by atoms with E-state index in [2.05, 4.69) is 37.4 Å². The maximum Gasteiger partial charge on any atom is 0.0700 e. The summed E-state index contributed by atoms with van der Waals surface area (Å²) < 4.78 is 4.80. The molecule has 0 spiro atoms. The quantitative estimate of drug-likeness (QED) is 0.448. The third-order valence-electron chi connectivity index (χ3n) is 3.60. The Kier molecular flexibility index (Phi) is 10.4. The zero-order chi connectivity index (χ0) is 13.6. The minimum Gasteiger partial charge on any atom is -0.379 e. The van der Waals surface area contributed by atoms with Crippen molar-refractivity contribution in [3.05, 3.63) is 43.0 Å². The second-order valence-electron chi connectivity index (χ2n) is 5.33. The number of hydrogen-bond acceptors (Lipinski definition) is 1. The number of rotatable bonds is 12. The molecule has 1 aromatic carbocycles. The number of benzene rings is 1. The Morgan fingerprint density at radius 3 is 1.79 bits per heavy atom. The van der Waals surface area contributed by atoms with E-state index in [-0.39, 0.29) is 0 Å². The first kappa shape index (κ1) is 16.2. The van der Waals surface area contributed by atoms with Crippen molar-refractivity contribution in [2.75, 3.05) is 6.61 Å². The molecule has 0 bridgehead atoms. The van der Waals surface area contributed by atoms with Crippen LogP contribution in [0.5, 0.6) is 0 Å². The molecule has 0 amide bonds. The molecule has 0 aromatic heterocycles. The number of aryl methyl sites for hydroxylation is 1. The Labute approximate surface area is 119 Å². The molecule has 19 heavy (non-hydrogen) atoms. The fourth-order valence-electron chi connectivity index (χ4n) is 2.42. The Morgan fingerprint density at radius 2 is 1.21 bits per heavy atom. The molecule has 0 atom stereocenters. The Bertz CT molecular complexity index is 281. The molecule has 0 N–H and O–H groups in total. The van der Waals surface area contributed by atoms with Gasteiger partial charge in [-0.15, -0.1) is 0 Å². The molecule has 1 heteroatoms. The van der Waals surface area contributed by atoms with Gasteiger partial charge in [0.1, 0.15) is 0 Å². The van der Waals surface area contributed by atoms with Gasteiger partial charge in [-0.05, 0) is 24.8 Å². The summed E-state index contributed by atoms with van der Waals surface area (Å²) in [6.45, 7) is 0.819. The van der Waals surface area contributed by atoms with Crippen LogP contribution in [0.15, 0.2) is 30.3 Å². The molecule has 0 fully saturated rings. The first-order chi connectivity index (χ1) is 9.43. The minimum absolute atomic E-state index is 0.819. The lowest BCUT2D eigenvalue weighted by Crippen LogP contribution is -1.87. The van der Waals surface area contributed by atoms with Gasteiger partial charge in [0.05, 0.1) is 7.11 Å². The zero-order valence-corrected chi connectivity index (χ0v) is 12.3. The predicted octanol–water partition coefficient (Wildman–Crippen LogP) is 5.55. The summed E-state index contributed by atoms with van der Waals surface area (Å²) in [6, 6.07) is 10.8. The Morgan fingerprint density at radius 1 is 0.684 bits per heavy atom. The molecule has 0 unspecified atom stereocenters. The first-order valence-corrected chi connectivity index (χ1v) is 7.84. The molecular formula is C18H29O. The van der Waals surface area contributed by atoms with E-state index in [9.17, 15) is 0 Å². The van der Waals surface area contributed by atoms with Crippen LogP contribution in [0.4, 0.5) is 0 Å². The van der Waals surface area contributed by atoms with Gasteiger partial charge in [0.25, 0.3) is 0 Å². The van der Waals surface area contributed by atoms with Gasteiger partial charge in [0.15, 0.2) is 0 Å². The molecule has 0 aliphatic heterocycles. The molecule has 1 rings (SSSR count). The van der Waals surface area contributed by atoms with Crippen LogP contribution in [0, 0.1) is 7.11 Å². The summed E-state index contributed by atoms with van der Waals surface area (Å²) >= 11 is 0. The fourth-order valence-corrected chi connectivity index (χ4v) is 2.42. The van der Waals surface area contributed by atoms with Crippen LogP contribution in [-0.4, -0.2) is 6.61 Å². The Balaban J connectivity index is 1.79. The lowest BCUT2D eigenvalue weighted by atomic mass is 10.0. The summed E-state index contributed by atoms with van der Waals surface area (Å²) in [5.74, 6) is 0. The molecule has 1 aromatic rings. The van der Waals surface area contributed by atoms with Gasteiger partial charge in [-0.3, -0.25) is 0 Å². The molecule has 107 valence electrons. The van der Waals surface area contributed by atoms with Crippen molar-refractivity contribution in [3.63, 3.8) is 0 Å². The molecule has 0 aliphatic carbocycles. The van der Waals surface area contributed by atoms with Crippen molar-refractivity contribution in [1.82, 2.24) is 0 Å². The van der Waals surface area contributed by atoms with Gasteiger partial charge in [0, 0.05) is 6.61 Å². The maximum atomic E-state index is 4.80. The lowest BCUT2D eigenvalue weighted by molar-refractivity contribution is 0.233. The number of unbranched alkanes of at least 4 members (excludes halogenated alkanes) is 8. The molecule has 0 saturated heterocycles. The third-order valence-corrected chi connectivity index (χ3v) is 3.60. The molecule has 0 aliphatic rings. The van der Waals surface area contributed by atoms with Crippen LogP contribution >= 0.6 is 0 Å². The average molecular weight is 261 g/mol. The van der Waals surface area contributed by atoms with Gasteiger partial charge in [-0.2, -0.15) is 0 Å². The zero-order valence-electron chi connectivity index (χ0n) is 12.3. The molecule has 1 nitrogen and oxygen atoms in total. The smallest absolute Gasteiger partial charge is 0.0700 e. The van der Waals surface area contributed by atoms with E-state index < -0.39 is 0 Å². The van der Waals surface area contributed by atoms with Crippen LogP contribution in [0.25, 0.3) is 0 Å². The molecule has 0 saturated carbocycles. The van der Waals surface area contributed by atoms with Crippen molar-refractivity contribution in [3.8, 4) is 0 Å². The van der Waals surface area contributed by atoms with Crippen LogP contribution in [-0.2, 0) is 11.2 Å². The lowest BCUT2D eigenvalue weighted by Gasteiger charge is -2.03. The number of hydrogen-bond donors (Lipinski definition) is 0. The highest BCUT2D eigenvalue weighted by atomic mass is 16.5. The van der Waals surface area contributed by atoms with E-state index in [1.807, 2.05) is 0 Å². The standard InChI is InChI=1S/C18H29O/c1-19-17-13-8-6-4-2-3-5-7-10-14-18-15-11-9-12-16-18/h9,11-12,15-16H,1-8,10,13-14,17H2. The fraction of sp³-hybridized carbons (Fsp3) is 0.611. The van der Waals surface area contributed by atoms with Crippen LogP contribution in [0.3, 0.4) is 0 Å². The van der Waals surface area contributed by atoms with Crippen LogP contribution in [0.1, 0.15) is 63.4 Å². The highest BCUT2D eigenvalue weighted by Crippen LogP contribution is 2.11. The second-order valence-corrected chi connectivity index (χ2v) is 5.33. The summed E-state index contributed by atoms with van der Waals surface area (Å²) in [4.78, 5) is 0. The van der Waals surface area contributed by atoms with Gasteiger partial charge >= 0.3 is 0 Å².